The van der Waals surface area contributed by atoms with Gasteiger partial charge in [0.1, 0.15) is 11.0 Å². The molecular weight excluding hydrogens is 406 g/mol. The van der Waals surface area contributed by atoms with Gasteiger partial charge in [0.2, 0.25) is 0 Å². The van der Waals surface area contributed by atoms with Crippen molar-refractivity contribution >= 4 is 46.6 Å². The molecule has 148 valence electrons. The smallest absolute Gasteiger partial charge is 0.259 e. The summed E-state index contributed by atoms with van der Waals surface area (Å²) in [5, 5.41) is 3.38. The second-order valence-electron chi connectivity index (χ2n) is 6.80. The zero-order chi connectivity index (χ0) is 20.5. The summed E-state index contributed by atoms with van der Waals surface area (Å²) in [5.41, 5.74) is 4.17. The van der Waals surface area contributed by atoms with E-state index in [0.717, 1.165) is 21.6 Å². The molecule has 1 N–H and O–H groups in total. The number of carbonyl (C=O) groups excluding carboxylic acids is 1. The lowest BCUT2D eigenvalue weighted by atomic mass is 10.2. The molecule has 0 bridgehead atoms. The van der Waals surface area contributed by atoms with Crippen LogP contribution in [-0.2, 0) is 5.75 Å². The number of nitrogens with one attached hydrogen (secondary N) is 1. The number of anilines is 3. The summed E-state index contributed by atoms with van der Waals surface area (Å²) in [6.45, 7) is 6.55. The quantitative estimate of drug-likeness (QED) is 0.460. The van der Waals surface area contributed by atoms with Gasteiger partial charge in [-0.3, -0.25) is 9.78 Å². The van der Waals surface area contributed by atoms with Crippen molar-refractivity contribution in [2.75, 3.05) is 16.8 Å². The van der Waals surface area contributed by atoms with E-state index >= 15 is 0 Å². The molecule has 0 fully saturated rings. The van der Waals surface area contributed by atoms with Crippen LogP contribution in [0.2, 0.25) is 5.15 Å². The molecule has 0 radical (unpaired) electrons. The third-order valence-electron chi connectivity index (χ3n) is 4.76. The van der Waals surface area contributed by atoms with Crippen LogP contribution in [0.15, 0.2) is 41.7 Å². The van der Waals surface area contributed by atoms with Gasteiger partial charge in [-0.05, 0) is 55.7 Å². The lowest BCUT2D eigenvalue weighted by Crippen LogP contribution is -2.20. The predicted molar refractivity (Wildman–Crippen MR) is 117 cm³/mol. The Balaban J connectivity index is 1.70. The average Bonchev–Trinajstić information content (AvgIpc) is 2.82. The minimum atomic E-state index is -0.191. The van der Waals surface area contributed by atoms with Crippen molar-refractivity contribution in [3.8, 4) is 0 Å². The van der Waals surface area contributed by atoms with Gasteiger partial charge in [0.25, 0.3) is 5.91 Å². The second-order valence-corrected chi connectivity index (χ2v) is 8.21. The van der Waals surface area contributed by atoms with E-state index in [9.17, 15) is 4.79 Å². The molecule has 3 aromatic rings. The molecule has 0 saturated carbocycles. The third-order valence-corrected chi connectivity index (χ3v) is 6.20. The van der Waals surface area contributed by atoms with Gasteiger partial charge in [0.05, 0.1) is 11.3 Å². The normalized spacial score (nSPS) is 12.8. The van der Waals surface area contributed by atoms with E-state index in [1.807, 2.05) is 50.2 Å². The number of aryl methyl sites for hydroxylation is 2. The number of aromatic nitrogens is 3. The summed E-state index contributed by atoms with van der Waals surface area (Å²) in [7, 11) is 0. The van der Waals surface area contributed by atoms with E-state index in [0.29, 0.717) is 40.3 Å². The minimum Gasteiger partial charge on any atom is -0.318 e. The number of hydrogen-bond acceptors (Lipinski definition) is 6. The first kappa shape index (κ1) is 19.7. The number of carbonyl (C=O) groups is 1. The molecule has 0 saturated heterocycles. The number of halogens is 1. The molecule has 0 aliphatic carbocycles. The molecular formula is C21H20ClN5OS. The van der Waals surface area contributed by atoms with E-state index in [4.69, 9.17) is 11.6 Å². The maximum absolute atomic E-state index is 13.0. The minimum absolute atomic E-state index is 0.191. The highest BCUT2D eigenvalue weighted by molar-refractivity contribution is 7.98. The van der Waals surface area contributed by atoms with Crippen LogP contribution in [-0.4, -0.2) is 27.4 Å². The van der Waals surface area contributed by atoms with Crippen molar-refractivity contribution in [3.63, 3.8) is 0 Å². The molecule has 0 atom stereocenters. The molecule has 0 spiro atoms. The summed E-state index contributed by atoms with van der Waals surface area (Å²) < 4.78 is 0. The molecule has 1 aliphatic rings. The summed E-state index contributed by atoms with van der Waals surface area (Å²) in [5.74, 6) is 1.72. The molecule has 3 aromatic heterocycles. The number of thioether (sulfide) groups is 1. The Bertz CT molecular complexity index is 1100. The van der Waals surface area contributed by atoms with Gasteiger partial charge in [-0.1, -0.05) is 11.6 Å². The van der Waals surface area contributed by atoms with E-state index in [-0.39, 0.29) is 5.91 Å². The summed E-state index contributed by atoms with van der Waals surface area (Å²) in [4.78, 5) is 29.3. The fourth-order valence-electron chi connectivity index (χ4n) is 3.29. The Morgan fingerprint density at radius 2 is 2.00 bits per heavy atom. The number of pyridine rings is 3. The van der Waals surface area contributed by atoms with Crippen molar-refractivity contribution in [2.45, 2.75) is 31.4 Å². The van der Waals surface area contributed by atoms with Gasteiger partial charge in [-0.15, -0.1) is 11.8 Å². The van der Waals surface area contributed by atoms with Crippen LogP contribution < -0.4 is 10.2 Å². The number of nitrogens with zero attached hydrogens (tertiary/aromatic N) is 4. The maximum Gasteiger partial charge on any atom is 0.259 e. The van der Waals surface area contributed by atoms with Crippen LogP contribution in [0.25, 0.3) is 0 Å². The van der Waals surface area contributed by atoms with Gasteiger partial charge in [0.15, 0.2) is 5.82 Å². The van der Waals surface area contributed by atoms with Gasteiger partial charge >= 0.3 is 0 Å². The van der Waals surface area contributed by atoms with E-state index in [1.165, 1.54) is 0 Å². The van der Waals surface area contributed by atoms with Crippen LogP contribution in [0.3, 0.4) is 0 Å². The maximum atomic E-state index is 13.0. The Hall–Kier alpha value is -2.64. The SMILES string of the molecule is CCN1c2ncc(CSc3ccncc3C)cc2C(=O)Nc2c(C)cc(Cl)nc21. The molecule has 1 amide bonds. The van der Waals surface area contributed by atoms with E-state index in [2.05, 4.69) is 20.3 Å². The van der Waals surface area contributed by atoms with Crippen LogP contribution in [0.4, 0.5) is 17.3 Å². The molecule has 6 nitrogen and oxygen atoms in total. The van der Waals surface area contributed by atoms with Crippen LogP contribution in [0.5, 0.6) is 0 Å². The topological polar surface area (TPSA) is 71.0 Å². The summed E-state index contributed by atoms with van der Waals surface area (Å²) >= 11 is 7.88. The number of amides is 1. The van der Waals surface area contributed by atoms with Crippen LogP contribution in [0.1, 0.15) is 34.0 Å². The Morgan fingerprint density at radius 3 is 2.76 bits per heavy atom. The number of hydrogen-bond donors (Lipinski definition) is 1. The molecule has 0 aromatic carbocycles. The lowest BCUT2D eigenvalue weighted by molar-refractivity contribution is 0.102. The van der Waals surface area contributed by atoms with Crippen molar-refractivity contribution in [1.82, 2.24) is 15.0 Å². The molecule has 4 rings (SSSR count). The Morgan fingerprint density at radius 1 is 1.17 bits per heavy atom. The van der Waals surface area contributed by atoms with Gasteiger partial charge in [-0.2, -0.15) is 0 Å². The molecule has 0 unspecified atom stereocenters. The first-order valence-corrected chi connectivity index (χ1v) is 10.6. The van der Waals surface area contributed by atoms with Gasteiger partial charge in [-0.25, -0.2) is 9.97 Å². The number of fused-ring (bicyclic) bond motifs is 2. The fourth-order valence-corrected chi connectivity index (χ4v) is 4.45. The van der Waals surface area contributed by atoms with Gasteiger partial charge in [0, 0.05) is 35.8 Å². The third kappa shape index (κ3) is 3.80. The molecule has 8 heteroatoms. The van der Waals surface area contributed by atoms with E-state index < -0.39 is 0 Å². The monoisotopic (exact) mass is 425 g/mol. The largest absolute Gasteiger partial charge is 0.318 e. The standard InChI is InChI=1S/C21H20ClN5OS/c1-4-27-19-15(21(28)26-18-12(2)7-17(22)25-20(18)27)8-14(10-24-19)11-29-16-5-6-23-9-13(16)3/h5-10H,4,11H2,1-3H3,(H,26,28). The zero-order valence-electron chi connectivity index (χ0n) is 16.4. The molecule has 29 heavy (non-hydrogen) atoms. The molecule has 1 aliphatic heterocycles. The predicted octanol–water partition coefficient (Wildman–Crippen LogP) is 5.16. The second kappa shape index (κ2) is 8.00. The summed E-state index contributed by atoms with van der Waals surface area (Å²) in [6.07, 6.45) is 5.46. The highest BCUT2D eigenvalue weighted by atomic mass is 35.5. The highest BCUT2D eigenvalue weighted by Crippen LogP contribution is 2.38. The van der Waals surface area contributed by atoms with Crippen molar-refractivity contribution in [1.29, 1.82) is 0 Å². The average molecular weight is 426 g/mol. The van der Waals surface area contributed by atoms with Gasteiger partial charge < -0.3 is 10.2 Å². The van der Waals surface area contributed by atoms with Crippen molar-refractivity contribution in [2.24, 2.45) is 0 Å². The van der Waals surface area contributed by atoms with Crippen LogP contribution >= 0.6 is 23.4 Å². The zero-order valence-corrected chi connectivity index (χ0v) is 17.9. The van der Waals surface area contributed by atoms with Crippen molar-refractivity contribution in [3.05, 3.63) is 64.2 Å². The van der Waals surface area contributed by atoms with E-state index in [1.54, 1.807) is 24.0 Å². The fraction of sp³-hybridized carbons (Fsp3) is 0.238. The lowest BCUT2D eigenvalue weighted by Gasteiger charge is -2.23. The Kier molecular flexibility index (Phi) is 5.43. The first-order chi connectivity index (χ1) is 14.0. The summed E-state index contributed by atoms with van der Waals surface area (Å²) in [6, 6.07) is 5.65. The Labute approximate surface area is 178 Å². The first-order valence-electron chi connectivity index (χ1n) is 9.26. The molecule has 4 heterocycles. The number of rotatable bonds is 4. The highest BCUT2D eigenvalue weighted by Gasteiger charge is 2.28. The van der Waals surface area contributed by atoms with Crippen molar-refractivity contribution < 1.29 is 4.79 Å². The van der Waals surface area contributed by atoms with Crippen LogP contribution in [0, 0.1) is 13.8 Å².